The van der Waals surface area contributed by atoms with Gasteiger partial charge in [0.2, 0.25) is 0 Å². The Hall–Kier alpha value is -0.300. The van der Waals surface area contributed by atoms with Crippen LogP contribution in [-0.4, -0.2) is 17.0 Å². The third kappa shape index (κ3) is 2.63. The molecular weight excluding hydrogens is 390 g/mol. The number of rotatable bonds is 2. The van der Waals surface area contributed by atoms with Crippen LogP contribution in [0.3, 0.4) is 0 Å². The van der Waals surface area contributed by atoms with E-state index in [9.17, 15) is 0 Å². The number of hydrogen-bond donors (Lipinski definition) is 1. The third-order valence-corrected chi connectivity index (χ3v) is 5.49. The van der Waals surface area contributed by atoms with Crippen LogP contribution in [0, 0.1) is 0 Å². The molecule has 0 fully saturated rings. The molecule has 0 aliphatic heterocycles. The Labute approximate surface area is 133 Å². The van der Waals surface area contributed by atoms with Crippen molar-refractivity contribution < 1.29 is 0 Å². The number of nitrogens with zero attached hydrogens (tertiary/aromatic N) is 2. The first-order chi connectivity index (χ1) is 9.19. The molecule has 0 aromatic carbocycles. The fourth-order valence-electron chi connectivity index (χ4n) is 2.37. The predicted molar refractivity (Wildman–Crippen MR) is 85.5 cm³/mol. The minimum Gasteiger partial charge on any atom is -0.312 e. The fourth-order valence-corrected chi connectivity index (χ4v) is 4.85. The molecule has 1 unspecified atom stereocenters. The van der Waals surface area contributed by atoms with Crippen molar-refractivity contribution in [1.82, 2.24) is 15.3 Å². The number of aromatic nitrogens is 2. The van der Waals surface area contributed by atoms with Crippen LogP contribution in [0.4, 0.5) is 0 Å². The molecule has 0 radical (unpaired) electrons. The van der Waals surface area contributed by atoms with E-state index in [1.54, 1.807) is 11.3 Å². The standard InChI is InChI=1S/C13H13Br2N3S/c1-16-9-3-2-4-10-12(9)18-13(19-10)11-8(15)5-7(14)6-17-11/h5-6,9,16H,2-4H2,1H3. The highest BCUT2D eigenvalue weighted by Crippen LogP contribution is 2.38. The topological polar surface area (TPSA) is 37.8 Å². The maximum Gasteiger partial charge on any atom is 0.143 e. The lowest BCUT2D eigenvalue weighted by molar-refractivity contribution is 0.490. The zero-order chi connectivity index (χ0) is 13.4. The van der Waals surface area contributed by atoms with Gasteiger partial charge in [-0.15, -0.1) is 11.3 Å². The number of nitrogens with one attached hydrogen (secondary N) is 1. The van der Waals surface area contributed by atoms with E-state index < -0.39 is 0 Å². The summed E-state index contributed by atoms with van der Waals surface area (Å²) in [4.78, 5) is 10.7. The van der Waals surface area contributed by atoms with Gasteiger partial charge in [0, 0.05) is 20.0 Å². The van der Waals surface area contributed by atoms with E-state index in [2.05, 4.69) is 42.2 Å². The molecule has 1 N–H and O–H groups in total. The lowest BCUT2D eigenvalue weighted by Gasteiger charge is -2.19. The predicted octanol–water partition coefficient (Wildman–Crippen LogP) is 4.33. The summed E-state index contributed by atoms with van der Waals surface area (Å²) in [7, 11) is 2.01. The molecule has 0 bridgehead atoms. The summed E-state index contributed by atoms with van der Waals surface area (Å²) in [6.45, 7) is 0. The average molecular weight is 403 g/mol. The van der Waals surface area contributed by atoms with Gasteiger partial charge in [0.05, 0.1) is 11.7 Å². The van der Waals surface area contributed by atoms with Crippen LogP contribution in [0.15, 0.2) is 21.2 Å². The summed E-state index contributed by atoms with van der Waals surface area (Å²) in [6.07, 6.45) is 5.35. The zero-order valence-corrected chi connectivity index (χ0v) is 14.4. The van der Waals surface area contributed by atoms with Crippen molar-refractivity contribution in [2.75, 3.05) is 7.05 Å². The van der Waals surface area contributed by atoms with Crippen molar-refractivity contribution in [2.45, 2.75) is 25.3 Å². The summed E-state index contributed by atoms with van der Waals surface area (Å²) in [5.41, 5.74) is 2.14. The molecule has 6 heteroatoms. The first-order valence-corrected chi connectivity index (χ1v) is 8.57. The van der Waals surface area contributed by atoms with E-state index in [-0.39, 0.29) is 0 Å². The van der Waals surface area contributed by atoms with Gasteiger partial charge >= 0.3 is 0 Å². The van der Waals surface area contributed by atoms with Crippen molar-refractivity contribution >= 4 is 43.2 Å². The largest absolute Gasteiger partial charge is 0.312 e. The Kier molecular flexibility index (Phi) is 4.03. The van der Waals surface area contributed by atoms with Crippen LogP contribution in [0.1, 0.15) is 29.5 Å². The Morgan fingerprint density at radius 2 is 2.26 bits per heavy atom. The number of fused-ring (bicyclic) bond motifs is 1. The zero-order valence-electron chi connectivity index (χ0n) is 10.4. The van der Waals surface area contributed by atoms with E-state index in [1.165, 1.54) is 23.4 Å². The van der Waals surface area contributed by atoms with Crippen molar-refractivity contribution in [1.29, 1.82) is 0 Å². The maximum absolute atomic E-state index is 4.81. The molecular formula is C13H13Br2N3S. The number of pyridine rings is 1. The average Bonchev–Trinajstić information content (AvgIpc) is 2.81. The molecule has 0 amide bonds. The van der Waals surface area contributed by atoms with Crippen LogP contribution < -0.4 is 5.32 Å². The molecule has 2 aromatic rings. The van der Waals surface area contributed by atoms with Gasteiger partial charge in [-0.05, 0) is 64.2 Å². The first-order valence-electron chi connectivity index (χ1n) is 6.17. The SMILES string of the molecule is CNC1CCCc2sc(-c3ncc(Br)cc3Br)nc21. The highest BCUT2D eigenvalue weighted by molar-refractivity contribution is 9.11. The number of aryl methyl sites for hydroxylation is 1. The Morgan fingerprint density at radius 3 is 3.00 bits per heavy atom. The van der Waals surface area contributed by atoms with Crippen molar-refractivity contribution in [3.63, 3.8) is 0 Å². The summed E-state index contributed by atoms with van der Waals surface area (Å²) in [5.74, 6) is 0. The van der Waals surface area contributed by atoms with Crippen molar-refractivity contribution in [3.05, 3.63) is 31.8 Å². The van der Waals surface area contributed by atoms with Gasteiger partial charge in [-0.1, -0.05) is 0 Å². The van der Waals surface area contributed by atoms with Crippen LogP contribution in [-0.2, 0) is 6.42 Å². The van der Waals surface area contributed by atoms with Gasteiger partial charge in [-0.3, -0.25) is 4.98 Å². The monoisotopic (exact) mass is 401 g/mol. The van der Waals surface area contributed by atoms with E-state index in [1.807, 2.05) is 19.3 Å². The summed E-state index contributed by atoms with van der Waals surface area (Å²) >= 11 is 8.76. The van der Waals surface area contributed by atoms with Crippen LogP contribution in [0.5, 0.6) is 0 Å². The lowest BCUT2D eigenvalue weighted by atomic mass is 9.98. The van der Waals surface area contributed by atoms with Gasteiger partial charge in [0.25, 0.3) is 0 Å². The van der Waals surface area contributed by atoms with E-state index in [0.29, 0.717) is 6.04 Å². The summed E-state index contributed by atoms with van der Waals surface area (Å²) in [6, 6.07) is 2.40. The Balaban J connectivity index is 2.05. The molecule has 19 heavy (non-hydrogen) atoms. The van der Waals surface area contributed by atoms with E-state index in [4.69, 9.17) is 4.98 Å². The molecule has 1 aliphatic rings. The second-order valence-corrected chi connectivity index (χ2v) is 7.40. The van der Waals surface area contributed by atoms with Gasteiger partial charge in [-0.2, -0.15) is 0 Å². The van der Waals surface area contributed by atoms with E-state index in [0.717, 1.165) is 26.1 Å². The van der Waals surface area contributed by atoms with Crippen molar-refractivity contribution in [3.8, 4) is 10.7 Å². The van der Waals surface area contributed by atoms with Crippen LogP contribution in [0.25, 0.3) is 10.7 Å². The van der Waals surface area contributed by atoms with Gasteiger partial charge in [-0.25, -0.2) is 4.98 Å². The molecule has 0 spiro atoms. The molecule has 0 saturated heterocycles. The molecule has 2 heterocycles. The fraction of sp³-hybridized carbons (Fsp3) is 0.385. The minimum atomic E-state index is 0.392. The highest BCUT2D eigenvalue weighted by atomic mass is 79.9. The maximum atomic E-state index is 4.81. The number of hydrogen-bond acceptors (Lipinski definition) is 4. The summed E-state index contributed by atoms with van der Waals surface area (Å²) < 4.78 is 1.95. The molecule has 0 saturated carbocycles. The third-order valence-electron chi connectivity index (χ3n) is 3.31. The minimum absolute atomic E-state index is 0.392. The highest BCUT2D eigenvalue weighted by Gasteiger charge is 2.24. The number of halogens is 2. The normalized spacial score (nSPS) is 18.4. The molecule has 3 rings (SSSR count). The molecule has 1 aliphatic carbocycles. The molecule has 100 valence electrons. The number of thiazole rings is 1. The second kappa shape index (κ2) is 5.60. The van der Waals surface area contributed by atoms with Gasteiger partial charge < -0.3 is 5.32 Å². The first kappa shape index (κ1) is 13.7. The second-order valence-electron chi connectivity index (χ2n) is 4.54. The van der Waals surface area contributed by atoms with Crippen LogP contribution >= 0.6 is 43.2 Å². The smallest absolute Gasteiger partial charge is 0.143 e. The van der Waals surface area contributed by atoms with Crippen LogP contribution in [0.2, 0.25) is 0 Å². The van der Waals surface area contributed by atoms with Crippen molar-refractivity contribution in [2.24, 2.45) is 0 Å². The quantitative estimate of drug-likeness (QED) is 0.812. The lowest BCUT2D eigenvalue weighted by Crippen LogP contribution is -2.21. The molecule has 1 atom stereocenters. The summed E-state index contributed by atoms with van der Waals surface area (Å²) in [5, 5.41) is 4.36. The Morgan fingerprint density at radius 1 is 1.42 bits per heavy atom. The van der Waals surface area contributed by atoms with Gasteiger partial charge in [0.1, 0.15) is 10.7 Å². The molecule has 3 nitrogen and oxygen atoms in total. The molecule has 2 aromatic heterocycles. The Bertz CT molecular complexity index is 612. The van der Waals surface area contributed by atoms with Gasteiger partial charge in [0.15, 0.2) is 0 Å². The van der Waals surface area contributed by atoms with E-state index >= 15 is 0 Å².